The van der Waals surface area contributed by atoms with Gasteiger partial charge < -0.3 is 9.64 Å². The minimum Gasteiger partial charge on any atom is -0.497 e. The van der Waals surface area contributed by atoms with E-state index in [1.54, 1.807) is 7.11 Å². The van der Waals surface area contributed by atoms with Crippen LogP contribution >= 0.6 is 0 Å². The summed E-state index contributed by atoms with van der Waals surface area (Å²) in [6.45, 7) is 5.41. The summed E-state index contributed by atoms with van der Waals surface area (Å²) < 4.78 is 5.28. The number of ether oxygens (including phenoxy) is 1. The number of likely N-dealkylation sites (N-methyl/N-ethyl adjacent to an activating group) is 1. The molecule has 1 aromatic rings. The van der Waals surface area contributed by atoms with Gasteiger partial charge in [-0.25, -0.2) is 0 Å². The van der Waals surface area contributed by atoms with E-state index in [0.717, 1.165) is 18.7 Å². The lowest BCUT2D eigenvalue weighted by Crippen LogP contribution is -2.14. The quantitative estimate of drug-likeness (QED) is 0.772. The van der Waals surface area contributed by atoms with Crippen LogP contribution in [0.4, 0.5) is 0 Å². The Morgan fingerprint density at radius 3 is 2.53 bits per heavy atom. The van der Waals surface area contributed by atoms with E-state index < -0.39 is 0 Å². The molecular weight excluding hydrogens is 210 g/mol. The second-order valence-corrected chi connectivity index (χ2v) is 4.58. The molecule has 0 saturated carbocycles. The molecule has 1 rings (SSSR count). The molecule has 0 radical (unpaired) electrons. The number of methoxy groups -OCH3 is 1. The van der Waals surface area contributed by atoms with Gasteiger partial charge in [-0.3, -0.25) is 0 Å². The van der Waals surface area contributed by atoms with Crippen LogP contribution in [0.25, 0.3) is 5.57 Å². The van der Waals surface area contributed by atoms with Crippen molar-refractivity contribution in [2.75, 3.05) is 27.7 Å². The van der Waals surface area contributed by atoms with Crippen molar-refractivity contribution in [3.63, 3.8) is 0 Å². The van der Waals surface area contributed by atoms with Gasteiger partial charge in [-0.1, -0.05) is 24.6 Å². The highest BCUT2D eigenvalue weighted by Crippen LogP contribution is 2.25. The third-order valence-electron chi connectivity index (χ3n) is 2.84. The lowest BCUT2D eigenvalue weighted by Gasteiger charge is -2.15. The summed E-state index contributed by atoms with van der Waals surface area (Å²) in [6.07, 6.45) is 1.05. The van der Waals surface area contributed by atoms with E-state index in [2.05, 4.69) is 45.0 Å². The number of hydrogen-bond acceptors (Lipinski definition) is 2. The average molecular weight is 233 g/mol. The maximum Gasteiger partial charge on any atom is 0.119 e. The van der Waals surface area contributed by atoms with E-state index in [-0.39, 0.29) is 0 Å². The van der Waals surface area contributed by atoms with E-state index in [9.17, 15) is 0 Å². The first kappa shape index (κ1) is 13.8. The van der Waals surface area contributed by atoms with Crippen LogP contribution in [-0.4, -0.2) is 32.6 Å². The van der Waals surface area contributed by atoms with Gasteiger partial charge in [-0.15, -0.1) is 0 Å². The van der Waals surface area contributed by atoms with Crippen molar-refractivity contribution < 1.29 is 4.74 Å². The standard InChI is InChI=1S/C15H23NO/c1-6-15(12(2)11-16(3)4)13-8-7-9-14(10-13)17-5/h7-10H,6,11H2,1-5H3. The first-order valence-corrected chi connectivity index (χ1v) is 6.06. The molecule has 0 aromatic heterocycles. The van der Waals surface area contributed by atoms with Gasteiger partial charge in [0.05, 0.1) is 7.11 Å². The molecule has 0 atom stereocenters. The van der Waals surface area contributed by atoms with Gasteiger partial charge in [0.25, 0.3) is 0 Å². The van der Waals surface area contributed by atoms with Crippen LogP contribution in [0.3, 0.4) is 0 Å². The van der Waals surface area contributed by atoms with E-state index in [0.29, 0.717) is 0 Å². The highest BCUT2D eigenvalue weighted by molar-refractivity contribution is 5.69. The minimum absolute atomic E-state index is 0.922. The Hall–Kier alpha value is -1.28. The fraction of sp³-hybridized carbons (Fsp3) is 0.467. The molecule has 0 aliphatic heterocycles. The highest BCUT2D eigenvalue weighted by atomic mass is 16.5. The Morgan fingerprint density at radius 2 is 2.00 bits per heavy atom. The first-order valence-electron chi connectivity index (χ1n) is 6.06. The summed E-state index contributed by atoms with van der Waals surface area (Å²) in [5.74, 6) is 0.922. The van der Waals surface area contributed by atoms with E-state index in [1.807, 2.05) is 12.1 Å². The first-order chi connectivity index (χ1) is 8.08. The molecule has 94 valence electrons. The molecule has 2 nitrogen and oxygen atoms in total. The molecule has 0 unspecified atom stereocenters. The third-order valence-corrected chi connectivity index (χ3v) is 2.84. The Labute approximate surface area is 105 Å². The molecule has 0 heterocycles. The van der Waals surface area contributed by atoms with Crippen molar-refractivity contribution in [2.24, 2.45) is 0 Å². The van der Waals surface area contributed by atoms with Crippen LogP contribution in [0.1, 0.15) is 25.8 Å². The fourth-order valence-corrected chi connectivity index (χ4v) is 2.13. The van der Waals surface area contributed by atoms with Gasteiger partial charge in [-0.05, 0) is 50.7 Å². The Morgan fingerprint density at radius 1 is 1.29 bits per heavy atom. The third kappa shape index (κ3) is 3.90. The smallest absolute Gasteiger partial charge is 0.119 e. The van der Waals surface area contributed by atoms with Gasteiger partial charge in [0.1, 0.15) is 5.75 Å². The van der Waals surface area contributed by atoms with Crippen LogP contribution in [0.2, 0.25) is 0 Å². The predicted molar refractivity (Wildman–Crippen MR) is 74.4 cm³/mol. The van der Waals surface area contributed by atoms with Crippen molar-refractivity contribution in [1.82, 2.24) is 4.90 Å². The van der Waals surface area contributed by atoms with Crippen LogP contribution in [-0.2, 0) is 0 Å². The topological polar surface area (TPSA) is 12.5 Å². The van der Waals surface area contributed by atoms with E-state index in [4.69, 9.17) is 4.74 Å². The van der Waals surface area contributed by atoms with E-state index in [1.165, 1.54) is 16.7 Å². The molecule has 0 bridgehead atoms. The van der Waals surface area contributed by atoms with Crippen molar-refractivity contribution >= 4 is 5.57 Å². The molecule has 1 aromatic carbocycles. The predicted octanol–water partition coefficient (Wildman–Crippen LogP) is 3.44. The SMILES string of the molecule is CCC(=C(C)CN(C)C)c1cccc(OC)c1. The number of benzene rings is 1. The minimum atomic E-state index is 0.922. The lowest BCUT2D eigenvalue weighted by molar-refractivity contribution is 0.414. The van der Waals surface area contributed by atoms with Gasteiger partial charge in [0, 0.05) is 6.54 Å². The summed E-state index contributed by atoms with van der Waals surface area (Å²) in [6, 6.07) is 8.29. The summed E-state index contributed by atoms with van der Waals surface area (Å²) in [7, 11) is 5.91. The highest BCUT2D eigenvalue weighted by Gasteiger charge is 2.06. The Bertz CT molecular complexity index is 394. The maximum atomic E-state index is 5.28. The zero-order chi connectivity index (χ0) is 12.8. The van der Waals surface area contributed by atoms with Gasteiger partial charge >= 0.3 is 0 Å². The van der Waals surface area contributed by atoms with Crippen LogP contribution in [0, 0.1) is 0 Å². The van der Waals surface area contributed by atoms with Crippen LogP contribution in [0.5, 0.6) is 5.75 Å². The molecule has 2 heteroatoms. The summed E-state index contributed by atoms with van der Waals surface area (Å²) in [5, 5.41) is 0. The monoisotopic (exact) mass is 233 g/mol. The van der Waals surface area contributed by atoms with Crippen molar-refractivity contribution in [3.05, 3.63) is 35.4 Å². The molecule has 0 amide bonds. The van der Waals surface area contributed by atoms with Crippen molar-refractivity contribution in [2.45, 2.75) is 20.3 Å². The zero-order valence-electron chi connectivity index (χ0n) is 11.6. The van der Waals surface area contributed by atoms with Crippen molar-refractivity contribution in [1.29, 1.82) is 0 Å². The second-order valence-electron chi connectivity index (χ2n) is 4.58. The van der Waals surface area contributed by atoms with Crippen LogP contribution in [0.15, 0.2) is 29.8 Å². The molecule has 0 spiro atoms. The molecule has 0 saturated heterocycles. The maximum absolute atomic E-state index is 5.28. The summed E-state index contributed by atoms with van der Waals surface area (Å²) >= 11 is 0. The fourth-order valence-electron chi connectivity index (χ4n) is 2.13. The summed E-state index contributed by atoms with van der Waals surface area (Å²) in [4.78, 5) is 2.20. The van der Waals surface area contributed by atoms with Gasteiger partial charge in [0.15, 0.2) is 0 Å². The summed E-state index contributed by atoms with van der Waals surface area (Å²) in [5.41, 5.74) is 4.11. The molecule has 0 fully saturated rings. The second kappa shape index (κ2) is 6.45. The van der Waals surface area contributed by atoms with Gasteiger partial charge in [0.2, 0.25) is 0 Å². The lowest BCUT2D eigenvalue weighted by atomic mass is 9.98. The Balaban J connectivity index is 3.07. The van der Waals surface area contributed by atoms with E-state index >= 15 is 0 Å². The Kier molecular flexibility index (Phi) is 5.23. The molecule has 0 aliphatic rings. The molecule has 0 aliphatic carbocycles. The van der Waals surface area contributed by atoms with Gasteiger partial charge in [-0.2, -0.15) is 0 Å². The number of allylic oxidation sites excluding steroid dienone is 1. The normalized spacial score (nSPS) is 12.6. The molecule has 0 N–H and O–H groups in total. The number of nitrogens with zero attached hydrogens (tertiary/aromatic N) is 1. The molecule has 17 heavy (non-hydrogen) atoms. The van der Waals surface area contributed by atoms with Crippen LogP contribution < -0.4 is 4.74 Å². The largest absolute Gasteiger partial charge is 0.497 e. The molecular formula is C15H23NO. The van der Waals surface area contributed by atoms with Crippen molar-refractivity contribution in [3.8, 4) is 5.75 Å². The number of hydrogen-bond donors (Lipinski definition) is 0. The zero-order valence-corrected chi connectivity index (χ0v) is 11.6. The average Bonchev–Trinajstić information content (AvgIpc) is 2.29. The number of rotatable bonds is 5.